The number of carbonyl (C=O) groups is 2. The minimum atomic E-state index is -0.638. The van der Waals surface area contributed by atoms with Crippen molar-refractivity contribution in [2.24, 2.45) is 0 Å². The highest BCUT2D eigenvalue weighted by Gasteiger charge is 2.34. The molecule has 5 heteroatoms. The van der Waals surface area contributed by atoms with Gasteiger partial charge < -0.3 is 15.0 Å². The number of hydrogen-bond donors (Lipinski definition) is 1. The molecule has 1 N–H and O–H groups in total. The van der Waals surface area contributed by atoms with Crippen molar-refractivity contribution >= 4 is 17.5 Å². The first-order valence-corrected chi connectivity index (χ1v) is 8.86. The van der Waals surface area contributed by atoms with Crippen molar-refractivity contribution in [3.8, 4) is 0 Å². The molecule has 1 heterocycles. The molecule has 1 atom stereocenters. The van der Waals surface area contributed by atoms with Crippen LogP contribution < -0.4 is 5.32 Å². The Hall–Kier alpha value is -2.66. The lowest BCUT2D eigenvalue weighted by Gasteiger charge is -2.34. The Morgan fingerprint density at radius 3 is 2.50 bits per heavy atom. The van der Waals surface area contributed by atoms with E-state index in [2.05, 4.69) is 19.2 Å². The zero-order valence-electron chi connectivity index (χ0n) is 15.1. The maximum absolute atomic E-state index is 12.7. The summed E-state index contributed by atoms with van der Waals surface area (Å²) in [7, 11) is 0. The van der Waals surface area contributed by atoms with Gasteiger partial charge in [-0.05, 0) is 29.2 Å². The highest BCUT2D eigenvalue weighted by molar-refractivity contribution is 5.97. The number of anilines is 1. The Balaban J connectivity index is 1.71. The van der Waals surface area contributed by atoms with E-state index in [1.807, 2.05) is 54.6 Å². The lowest BCUT2D eigenvalue weighted by molar-refractivity contribution is -0.154. The van der Waals surface area contributed by atoms with Gasteiger partial charge in [-0.25, -0.2) is 0 Å². The summed E-state index contributed by atoms with van der Waals surface area (Å²) in [5.74, 6) is 0.0344. The number of morpholine rings is 1. The molecule has 136 valence electrons. The summed E-state index contributed by atoms with van der Waals surface area (Å²) in [6.45, 7) is 4.86. The van der Waals surface area contributed by atoms with Crippen LogP contribution in [0.4, 0.5) is 5.69 Å². The fraction of sp³-hybridized carbons (Fsp3) is 0.333. The molecule has 2 aromatic rings. The van der Waals surface area contributed by atoms with Gasteiger partial charge in [0.25, 0.3) is 0 Å². The molecular weight excluding hydrogens is 328 g/mol. The minimum Gasteiger partial charge on any atom is -0.369 e. The fourth-order valence-corrected chi connectivity index (χ4v) is 2.98. The lowest BCUT2D eigenvalue weighted by Crippen LogP contribution is -2.54. The molecule has 0 spiro atoms. The first kappa shape index (κ1) is 18.1. The molecule has 0 aromatic heterocycles. The number of carbonyl (C=O) groups excluding carboxylic acids is 2. The maximum atomic E-state index is 12.7. The summed E-state index contributed by atoms with van der Waals surface area (Å²) in [5.41, 5.74) is 2.92. The third kappa shape index (κ3) is 4.29. The molecule has 1 saturated heterocycles. The van der Waals surface area contributed by atoms with Crippen LogP contribution in [0, 0.1) is 0 Å². The standard InChI is InChI=1S/C21H24N2O3/c1-15(2)17-8-10-18(11-9-17)22-21(25)19-13-26-14-20(24)23(19)12-16-6-4-3-5-7-16/h3-11,15,19H,12-14H2,1-2H3,(H,22,25)/t19-/m0/s1. The molecule has 0 aliphatic carbocycles. The van der Waals surface area contributed by atoms with Crippen LogP contribution >= 0.6 is 0 Å². The summed E-state index contributed by atoms with van der Waals surface area (Å²) in [6.07, 6.45) is 0. The first-order chi connectivity index (χ1) is 12.5. The van der Waals surface area contributed by atoms with Crippen molar-refractivity contribution in [1.82, 2.24) is 4.90 Å². The predicted molar refractivity (Wildman–Crippen MR) is 101 cm³/mol. The van der Waals surface area contributed by atoms with Crippen LogP contribution in [0.5, 0.6) is 0 Å². The van der Waals surface area contributed by atoms with Gasteiger partial charge in [0.1, 0.15) is 12.6 Å². The Bertz CT molecular complexity index is 757. The van der Waals surface area contributed by atoms with Gasteiger partial charge in [0, 0.05) is 12.2 Å². The van der Waals surface area contributed by atoms with E-state index in [9.17, 15) is 9.59 Å². The van der Waals surface area contributed by atoms with E-state index in [1.165, 1.54) is 5.56 Å². The van der Waals surface area contributed by atoms with E-state index in [0.29, 0.717) is 12.5 Å². The topological polar surface area (TPSA) is 58.6 Å². The van der Waals surface area contributed by atoms with E-state index in [4.69, 9.17) is 4.74 Å². The minimum absolute atomic E-state index is 0.0136. The highest BCUT2D eigenvalue weighted by atomic mass is 16.5. The molecule has 0 unspecified atom stereocenters. The van der Waals surface area contributed by atoms with Crippen LogP contribution in [0.25, 0.3) is 0 Å². The van der Waals surface area contributed by atoms with E-state index in [-0.39, 0.29) is 25.0 Å². The molecule has 0 bridgehead atoms. The van der Waals surface area contributed by atoms with Crippen LogP contribution in [-0.4, -0.2) is 36.0 Å². The van der Waals surface area contributed by atoms with Gasteiger partial charge in [0.2, 0.25) is 11.8 Å². The van der Waals surface area contributed by atoms with Gasteiger partial charge >= 0.3 is 0 Å². The average molecular weight is 352 g/mol. The Morgan fingerprint density at radius 1 is 1.15 bits per heavy atom. The van der Waals surface area contributed by atoms with Gasteiger partial charge in [-0.1, -0.05) is 56.3 Å². The van der Waals surface area contributed by atoms with Crippen molar-refractivity contribution in [2.45, 2.75) is 32.4 Å². The number of amides is 2. The average Bonchev–Trinajstić information content (AvgIpc) is 2.64. The fourth-order valence-electron chi connectivity index (χ4n) is 2.98. The van der Waals surface area contributed by atoms with Crippen LogP contribution in [0.2, 0.25) is 0 Å². The van der Waals surface area contributed by atoms with Gasteiger partial charge in [-0.3, -0.25) is 9.59 Å². The number of nitrogens with one attached hydrogen (secondary N) is 1. The molecule has 1 fully saturated rings. The zero-order chi connectivity index (χ0) is 18.5. The van der Waals surface area contributed by atoms with Gasteiger partial charge in [0.05, 0.1) is 6.61 Å². The SMILES string of the molecule is CC(C)c1ccc(NC(=O)[C@@H]2COCC(=O)N2Cc2ccccc2)cc1. The van der Waals surface area contributed by atoms with E-state index >= 15 is 0 Å². The summed E-state index contributed by atoms with van der Waals surface area (Å²) < 4.78 is 5.32. The van der Waals surface area contributed by atoms with Crippen LogP contribution in [-0.2, 0) is 20.9 Å². The van der Waals surface area contributed by atoms with Gasteiger partial charge in [-0.2, -0.15) is 0 Å². The molecule has 26 heavy (non-hydrogen) atoms. The Labute approximate surface area is 154 Å². The summed E-state index contributed by atoms with van der Waals surface area (Å²) in [6, 6.07) is 16.8. The second-order valence-corrected chi connectivity index (χ2v) is 6.80. The Morgan fingerprint density at radius 2 is 1.85 bits per heavy atom. The monoisotopic (exact) mass is 352 g/mol. The summed E-state index contributed by atoms with van der Waals surface area (Å²) >= 11 is 0. The molecule has 2 amide bonds. The third-order valence-corrected chi connectivity index (χ3v) is 4.54. The third-order valence-electron chi connectivity index (χ3n) is 4.54. The summed E-state index contributed by atoms with van der Waals surface area (Å²) in [4.78, 5) is 26.6. The molecule has 3 rings (SSSR count). The van der Waals surface area contributed by atoms with Crippen molar-refractivity contribution in [3.05, 3.63) is 65.7 Å². The van der Waals surface area contributed by atoms with Crippen LogP contribution in [0.1, 0.15) is 30.9 Å². The van der Waals surface area contributed by atoms with Gasteiger partial charge in [-0.15, -0.1) is 0 Å². The van der Waals surface area contributed by atoms with Gasteiger partial charge in [0.15, 0.2) is 0 Å². The van der Waals surface area contributed by atoms with Crippen LogP contribution in [0.15, 0.2) is 54.6 Å². The number of nitrogens with zero attached hydrogens (tertiary/aromatic N) is 1. The largest absolute Gasteiger partial charge is 0.369 e. The van der Waals surface area contributed by atoms with Crippen molar-refractivity contribution in [3.63, 3.8) is 0 Å². The normalized spacial score (nSPS) is 17.4. The van der Waals surface area contributed by atoms with E-state index < -0.39 is 6.04 Å². The molecule has 0 radical (unpaired) electrons. The molecule has 2 aromatic carbocycles. The number of ether oxygens (including phenoxy) is 1. The predicted octanol–water partition coefficient (Wildman–Crippen LogP) is 3.18. The quantitative estimate of drug-likeness (QED) is 0.899. The smallest absolute Gasteiger partial charge is 0.249 e. The van der Waals surface area contributed by atoms with E-state index in [1.54, 1.807) is 4.90 Å². The molecule has 1 aliphatic rings. The zero-order valence-corrected chi connectivity index (χ0v) is 15.1. The molecule has 5 nitrogen and oxygen atoms in total. The lowest BCUT2D eigenvalue weighted by atomic mass is 10.0. The maximum Gasteiger partial charge on any atom is 0.249 e. The number of rotatable bonds is 5. The second-order valence-electron chi connectivity index (χ2n) is 6.80. The number of benzene rings is 2. The molecule has 1 aliphatic heterocycles. The highest BCUT2D eigenvalue weighted by Crippen LogP contribution is 2.19. The molecular formula is C21H24N2O3. The van der Waals surface area contributed by atoms with Crippen molar-refractivity contribution in [1.29, 1.82) is 0 Å². The van der Waals surface area contributed by atoms with Crippen molar-refractivity contribution < 1.29 is 14.3 Å². The van der Waals surface area contributed by atoms with Crippen molar-refractivity contribution in [2.75, 3.05) is 18.5 Å². The first-order valence-electron chi connectivity index (χ1n) is 8.86. The summed E-state index contributed by atoms with van der Waals surface area (Å²) in [5, 5.41) is 2.90. The van der Waals surface area contributed by atoms with Crippen LogP contribution in [0.3, 0.4) is 0 Å². The number of hydrogen-bond acceptors (Lipinski definition) is 3. The van der Waals surface area contributed by atoms with E-state index in [0.717, 1.165) is 11.3 Å². The second kappa shape index (κ2) is 8.15. The Kier molecular flexibility index (Phi) is 5.68. The molecule has 0 saturated carbocycles.